The number of hydrogen-bond acceptors (Lipinski definition) is 2. The van der Waals surface area contributed by atoms with Crippen molar-refractivity contribution in [2.75, 3.05) is 13.2 Å². The van der Waals surface area contributed by atoms with Crippen LogP contribution in [-0.4, -0.2) is 24.4 Å². The molecule has 1 N–H and O–H groups in total. The van der Waals surface area contributed by atoms with Crippen LogP contribution in [0.1, 0.15) is 12.0 Å². The molecule has 4 heteroatoms. The zero-order valence-electron chi connectivity index (χ0n) is 8.83. The first-order valence-electron chi connectivity index (χ1n) is 5.37. The largest absolute Gasteiger partial charge is 0.393 e. The molecule has 0 radical (unpaired) electrons. The zero-order chi connectivity index (χ0) is 11.5. The molecular formula is C12H14Cl2O2. The smallest absolute Gasteiger partial charge is 0.0615 e. The van der Waals surface area contributed by atoms with Crippen LogP contribution in [0.2, 0.25) is 10.0 Å². The van der Waals surface area contributed by atoms with Crippen molar-refractivity contribution < 1.29 is 9.84 Å². The van der Waals surface area contributed by atoms with E-state index in [1.54, 1.807) is 0 Å². The van der Waals surface area contributed by atoms with Crippen LogP contribution in [0.25, 0.3) is 0 Å². The van der Waals surface area contributed by atoms with Gasteiger partial charge in [-0.2, -0.15) is 0 Å². The molecule has 0 spiro atoms. The Balaban J connectivity index is 2.13. The Morgan fingerprint density at radius 1 is 1.31 bits per heavy atom. The van der Waals surface area contributed by atoms with Crippen LogP contribution in [0.15, 0.2) is 18.2 Å². The summed E-state index contributed by atoms with van der Waals surface area (Å²) in [6.07, 6.45) is 1.04. The molecule has 88 valence electrons. The van der Waals surface area contributed by atoms with Crippen LogP contribution < -0.4 is 0 Å². The maximum absolute atomic E-state index is 9.85. The first-order valence-corrected chi connectivity index (χ1v) is 6.13. The molecule has 16 heavy (non-hydrogen) atoms. The standard InChI is InChI=1S/C12H14Cl2O2/c13-10-2-1-3-11(14)9(10)6-8-7-16-5-4-12(8)15/h1-3,8,12,15H,4-7H2. The maximum Gasteiger partial charge on any atom is 0.0615 e. The monoisotopic (exact) mass is 260 g/mol. The van der Waals surface area contributed by atoms with Crippen molar-refractivity contribution in [1.82, 2.24) is 0 Å². The van der Waals surface area contributed by atoms with Gasteiger partial charge in [0.05, 0.1) is 12.7 Å². The second-order valence-corrected chi connectivity index (χ2v) is 4.91. The summed E-state index contributed by atoms with van der Waals surface area (Å²) in [4.78, 5) is 0. The Labute approximate surface area is 105 Å². The lowest BCUT2D eigenvalue weighted by Crippen LogP contribution is -2.33. The molecule has 2 atom stereocenters. The second-order valence-electron chi connectivity index (χ2n) is 4.10. The van der Waals surface area contributed by atoms with Gasteiger partial charge >= 0.3 is 0 Å². The average Bonchev–Trinajstić information content (AvgIpc) is 2.26. The summed E-state index contributed by atoms with van der Waals surface area (Å²) < 4.78 is 5.36. The van der Waals surface area contributed by atoms with E-state index in [9.17, 15) is 5.11 Å². The summed E-state index contributed by atoms with van der Waals surface area (Å²) >= 11 is 12.2. The first kappa shape index (κ1) is 12.2. The molecule has 2 rings (SSSR count). The molecule has 0 amide bonds. The van der Waals surface area contributed by atoms with Crippen LogP contribution in [0.5, 0.6) is 0 Å². The van der Waals surface area contributed by atoms with Crippen LogP contribution in [0.3, 0.4) is 0 Å². The summed E-state index contributed by atoms with van der Waals surface area (Å²) in [7, 11) is 0. The second kappa shape index (κ2) is 5.37. The third-order valence-electron chi connectivity index (χ3n) is 2.96. The fraction of sp³-hybridized carbons (Fsp3) is 0.500. The molecule has 2 nitrogen and oxygen atoms in total. The van der Waals surface area contributed by atoms with Crippen molar-refractivity contribution in [3.63, 3.8) is 0 Å². The van der Waals surface area contributed by atoms with Crippen LogP contribution in [0, 0.1) is 5.92 Å². The molecule has 1 aromatic rings. The van der Waals surface area contributed by atoms with Gasteiger partial charge in [0.2, 0.25) is 0 Å². The van der Waals surface area contributed by atoms with Gasteiger partial charge in [-0.15, -0.1) is 0 Å². The highest BCUT2D eigenvalue weighted by molar-refractivity contribution is 6.35. The first-order chi connectivity index (χ1) is 7.68. The molecule has 0 bridgehead atoms. The summed E-state index contributed by atoms with van der Waals surface area (Å²) in [5, 5.41) is 11.2. The van der Waals surface area contributed by atoms with E-state index < -0.39 is 0 Å². The van der Waals surface area contributed by atoms with E-state index in [4.69, 9.17) is 27.9 Å². The molecule has 1 aromatic carbocycles. The number of aliphatic hydroxyl groups excluding tert-OH is 1. The van der Waals surface area contributed by atoms with Crippen molar-refractivity contribution >= 4 is 23.2 Å². The number of rotatable bonds is 2. The molecule has 0 aliphatic carbocycles. The normalized spacial score (nSPS) is 25.7. The summed E-state index contributed by atoms with van der Waals surface area (Å²) in [5.41, 5.74) is 0.903. The van der Waals surface area contributed by atoms with Crippen molar-refractivity contribution in [2.45, 2.75) is 18.9 Å². The molecule has 1 saturated heterocycles. The Morgan fingerprint density at radius 3 is 2.62 bits per heavy atom. The summed E-state index contributed by atoms with van der Waals surface area (Å²) in [5.74, 6) is 0.0890. The van der Waals surface area contributed by atoms with Crippen LogP contribution >= 0.6 is 23.2 Å². The van der Waals surface area contributed by atoms with Crippen molar-refractivity contribution in [1.29, 1.82) is 0 Å². The molecular weight excluding hydrogens is 247 g/mol. The lowest BCUT2D eigenvalue weighted by atomic mass is 9.91. The lowest BCUT2D eigenvalue weighted by molar-refractivity contribution is -0.0350. The average molecular weight is 261 g/mol. The Kier molecular flexibility index (Phi) is 4.09. The van der Waals surface area contributed by atoms with Gasteiger partial charge in [-0.3, -0.25) is 0 Å². The highest BCUT2D eigenvalue weighted by atomic mass is 35.5. The lowest BCUT2D eigenvalue weighted by Gasteiger charge is -2.28. The minimum atomic E-state index is -0.318. The number of ether oxygens (including phenoxy) is 1. The quantitative estimate of drug-likeness (QED) is 0.886. The Bertz CT molecular complexity index is 348. The number of halogens is 2. The van der Waals surface area contributed by atoms with Gasteiger partial charge in [0.25, 0.3) is 0 Å². The van der Waals surface area contributed by atoms with Gasteiger partial charge in [0.15, 0.2) is 0 Å². The van der Waals surface area contributed by atoms with Gasteiger partial charge < -0.3 is 9.84 Å². The van der Waals surface area contributed by atoms with E-state index in [1.165, 1.54) is 0 Å². The summed E-state index contributed by atoms with van der Waals surface area (Å²) in [6, 6.07) is 5.46. The van der Waals surface area contributed by atoms with Gasteiger partial charge in [-0.1, -0.05) is 29.3 Å². The third kappa shape index (κ3) is 2.69. The number of aliphatic hydroxyl groups is 1. The Morgan fingerprint density at radius 2 is 2.00 bits per heavy atom. The van der Waals surface area contributed by atoms with E-state index in [0.29, 0.717) is 36.1 Å². The van der Waals surface area contributed by atoms with Crippen molar-refractivity contribution in [3.8, 4) is 0 Å². The van der Waals surface area contributed by atoms with Crippen LogP contribution in [0.4, 0.5) is 0 Å². The molecule has 1 aliphatic heterocycles. The van der Waals surface area contributed by atoms with Crippen molar-refractivity contribution in [2.24, 2.45) is 5.92 Å². The van der Waals surface area contributed by atoms with E-state index in [2.05, 4.69) is 0 Å². The maximum atomic E-state index is 9.85. The van der Waals surface area contributed by atoms with Crippen LogP contribution in [-0.2, 0) is 11.2 Å². The molecule has 1 heterocycles. The number of benzene rings is 1. The topological polar surface area (TPSA) is 29.5 Å². The predicted molar refractivity (Wildman–Crippen MR) is 65.1 cm³/mol. The third-order valence-corrected chi connectivity index (χ3v) is 3.67. The minimum absolute atomic E-state index is 0.0890. The van der Waals surface area contributed by atoms with E-state index in [1.807, 2.05) is 18.2 Å². The highest BCUT2D eigenvalue weighted by Gasteiger charge is 2.25. The van der Waals surface area contributed by atoms with E-state index >= 15 is 0 Å². The molecule has 1 fully saturated rings. The van der Waals surface area contributed by atoms with Gasteiger partial charge in [0.1, 0.15) is 0 Å². The number of hydrogen-bond donors (Lipinski definition) is 1. The van der Waals surface area contributed by atoms with E-state index in [0.717, 1.165) is 5.56 Å². The molecule has 2 unspecified atom stereocenters. The predicted octanol–water partition coefficient (Wildman–Crippen LogP) is 2.93. The van der Waals surface area contributed by atoms with Gasteiger partial charge in [-0.05, 0) is 30.5 Å². The van der Waals surface area contributed by atoms with E-state index in [-0.39, 0.29) is 12.0 Å². The van der Waals surface area contributed by atoms with Gasteiger partial charge in [0, 0.05) is 22.6 Å². The van der Waals surface area contributed by atoms with Gasteiger partial charge in [-0.25, -0.2) is 0 Å². The fourth-order valence-corrected chi connectivity index (χ4v) is 2.52. The molecule has 0 aromatic heterocycles. The molecule has 0 saturated carbocycles. The highest BCUT2D eigenvalue weighted by Crippen LogP contribution is 2.29. The van der Waals surface area contributed by atoms with Crippen molar-refractivity contribution in [3.05, 3.63) is 33.8 Å². The SMILES string of the molecule is OC1CCOCC1Cc1c(Cl)cccc1Cl. The summed E-state index contributed by atoms with van der Waals surface area (Å²) in [6.45, 7) is 1.20. The fourth-order valence-electron chi connectivity index (χ4n) is 1.97. The zero-order valence-corrected chi connectivity index (χ0v) is 10.3. The molecule has 1 aliphatic rings. The Hall–Kier alpha value is -0.280. The minimum Gasteiger partial charge on any atom is -0.393 e.